The Bertz CT molecular complexity index is 919. The summed E-state index contributed by atoms with van der Waals surface area (Å²) in [5, 5.41) is 13.0. The lowest BCUT2D eigenvalue weighted by Crippen LogP contribution is -2.00. The fourth-order valence-electron chi connectivity index (χ4n) is 2.42. The zero-order chi connectivity index (χ0) is 15.8. The molecule has 4 aromatic heterocycles. The van der Waals surface area contributed by atoms with E-state index in [-0.39, 0.29) is 0 Å². The van der Waals surface area contributed by atoms with Crippen molar-refractivity contribution in [2.75, 3.05) is 5.32 Å². The molecule has 4 aromatic rings. The quantitative estimate of drug-likeness (QED) is 0.624. The number of aryl methyl sites for hydroxylation is 2. The van der Waals surface area contributed by atoms with E-state index in [0.717, 1.165) is 32.6 Å². The average molecular weight is 325 g/mol. The predicted octanol–water partition coefficient (Wildman–Crippen LogP) is 2.51. The van der Waals surface area contributed by atoms with Gasteiger partial charge in [-0.05, 0) is 19.1 Å². The zero-order valence-electron chi connectivity index (χ0n) is 12.8. The number of rotatable bonds is 4. The molecule has 4 rings (SSSR count). The number of nitrogens with zero attached hydrogens (tertiary/aromatic N) is 6. The van der Waals surface area contributed by atoms with Crippen LogP contribution in [0.25, 0.3) is 16.2 Å². The Morgan fingerprint density at radius 2 is 2.17 bits per heavy atom. The molecule has 0 saturated carbocycles. The zero-order valence-corrected chi connectivity index (χ0v) is 13.6. The van der Waals surface area contributed by atoms with Crippen LogP contribution in [0.5, 0.6) is 0 Å². The maximum atomic E-state index is 4.60. The van der Waals surface area contributed by atoms with Gasteiger partial charge in [-0.25, -0.2) is 9.50 Å². The number of anilines is 1. The van der Waals surface area contributed by atoms with Crippen LogP contribution in [-0.4, -0.2) is 29.4 Å². The van der Waals surface area contributed by atoms with Gasteiger partial charge in [0.05, 0.1) is 17.6 Å². The molecule has 0 saturated heterocycles. The molecule has 0 radical (unpaired) electrons. The van der Waals surface area contributed by atoms with E-state index in [2.05, 4.69) is 25.5 Å². The van der Waals surface area contributed by atoms with E-state index in [0.29, 0.717) is 6.54 Å². The molecule has 8 heteroatoms. The first-order valence-electron chi connectivity index (χ1n) is 7.18. The van der Waals surface area contributed by atoms with Crippen LogP contribution in [0.3, 0.4) is 0 Å². The van der Waals surface area contributed by atoms with Crippen LogP contribution >= 0.6 is 11.3 Å². The summed E-state index contributed by atoms with van der Waals surface area (Å²) >= 11 is 1.53. The average Bonchev–Trinajstić information content (AvgIpc) is 3.19. The Hall–Kier alpha value is -2.74. The van der Waals surface area contributed by atoms with Crippen molar-refractivity contribution in [2.45, 2.75) is 13.5 Å². The summed E-state index contributed by atoms with van der Waals surface area (Å²) in [6.45, 7) is 2.71. The Kier molecular flexibility index (Phi) is 3.30. The van der Waals surface area contributed by atoms with Crippen molar-refractivity contribution < 1.29 is 0 Å². The summed E-state index contributed by atoms with van der Waals surface area (Å²) in [6, 6.07) is 3.89. The highest BCUT2D eigenvalue weighted by molar-refractivity contribution is 7.20. The van der Waals surface area contributed by atoms with E-state index < -0.39 is 0 Å². The SMILES string of the molecule is Cc1nn(C)cc1CNc1nn2cc(-c3cccnc3)nc2s1. The summed E-state index contributed by atoms with van der Waals surface area (Å²) in [5.41, 5.74) is 4.06. The fourth-order valence-corrected chi connectivity index (χ4v) is 3.20. The molecule has 0 aliphatic carbocycles. The molecule has 0 bridgehead atoms. The predicted molar refractivity (Wildman–Crippen MR) is 89.4 cm³/mol. The maximum absolute atomic E-state index is 4.60. The van der Waals surface area contributed by atoms with Crippen molar-refractivity contribution >= 4 is 21.4 Å². The monoisotopic (exact) mass is 325 g/mol. The van der Waals surface area contributed by atoms with Crippen LogP contribution in [0.1, 0.15) is 11.3 Å². The van der Waals surface area contributed by atoms with Crippen LogP contribution in [0.15, 0.2) is 36.9 Å². The Labute approximate surface area is 136 Å². The van der Waals surface area contributed by atoms with Gasteiger partial charge in [-0.3, -0.25) is 9.67 Å². The van der Waals surface area contributed by atoms with E-state index in [1.54, 1.807) is 16.9 Å². The molecular formula is C15H15N7S. The molecular weight excluding hydrogens is 310 g/mol. The molecule has 0 amide bonds. The highest BCUT2D eigenvalue weighted by Crippen LogP contribution is 2.24. The smallest absolute Gasteiger partial charge is 0.214 e. The third-order valence-electron chi connectivity index (χ3n) is 3.55. The van der Waals surface area contributed by atoms with Crippen molar-refractivity contribution in [1.29, 1.82) is 0 Å². The second kappa shape index (κ2) is 5.47. The Balaban J connectivity index is 1.54. The molecule has 7 nitrogen and oxygen atoms in total. The molecule has 0 aliphatic rings. The van der Waals surface area contributed by atoms with E-state index in [1.165, 1.54) is 11.3 Å². The first-order chi connectivity index (χ1) is 11.2. The minimum absolute atomic E-state index is 0.700. The van der Waals surface area contributed by atoms with Gasteiger partial charge in [0.2, 0.25) is 10.1 Å². The summed E-state index contributed by atoms with van der Waals surface area (Å²) < 4.78 is 3.62. The van der Waals surface area contributed by atoms with Crippen molar-refractivity contribution in [2.24, 2.45) is 7.05 Å². The van der Waals surface area contributed by atoms with Crippen LogP contribution in [0.2, 0.25) is 0 Å². The van der Waals surface area contributed by atoms with Gasteiger partial charge >= 0.3 is 0 Å². The lowest BCUT2D eigenvalue weighted by atomic mass is 10.2. The van der Waals surface area contributed by atoms with Gasteiger partial charge in [-0.2, -0.15) is 5.10 Å². The van der Waals surface area contributed by atoms with Crippen LogP contribution in [0.4, 0.5) is 5.13 Å². The van der Waals surface area contributed by atoms with Crippen LogP contribution in [0, 0.1) is 6.92 Å². The van der Waals surface area contributed by atoms with Crippen molar-refractivity contribution in [3.8, 4) is 11.3 Å². The number of hydrogen-bond donors (Lipinski definition) is 1. The van der Waals surface area contributed by atoms with Gasteiger partial charge in [0.1, 0.15) is 0 Å². The van der Waals surface area contributed by atoms with E-state index in [1.807, 2.05) is 43.2 Å². The minimum Gasteiger partial charge on any atom is -0.356 e. The van der Waals surface area contributed by atoms with Crippen molar-refractivity contribution in [1.82, 2.24) is 29.4 Å². The number of nitrogens with one attached hydrogen (secondary N) is 1. The molecule has 116 valence electrons. The second-order valence-corrected chi connectivity index (χ2v) is 6.23. The normalized spacial score (nSPS) is 11.2. The molecule has 1 N–H and O–H groups in total. The summed E-state index contributed by atoms with van der Waals surface area (Å²) in [6.07, 6.45) is 7.49. The van der Waals surface area contributed by atoms with Gasteiger partial charge in [-0.1, -0.05) is 11.3 Å². The van der Waals surface area contributed by atoms with Crippen molar-refractivity contribution in [3.63, 3.8) is 0 Å². The third kappa shape index (κ3) is 2.68. The Morgan fingerprint density at radius 3 is 2.87 bits per heavy atom. The first-order valence-corrected chi connectivity index (χ1v) is 8.00. The third-order valence-corrected chi connectivity index (χ3v) is 4.43. The topological polar surface area (TPSA) is 72.9 Å². The number of pyridine rings is 1. The van der Waals surface area contributed by atoms with Gasteiger partial charge in [-0.15, -0.1) is 5.10 Å². The van der Waals surface area contributed by atoms with Crippen LogP contribution < -0.4 is 5.32 Å². The number of imidazole rings is 1. The largest absolute Gasteiger partial charge is 0.356 e. The van der Waals surface area contributed by atoms with E-state index in [9.17, 15) is 0 Å². The lowest BCUT2D eigenvalue weighted by Gasteiger charge is -1.99. The molecule has 4 heterocycles. The summed E-state index contributed by atoms with van der Waals surface area (Å²) in [4.78, 5) is 9.58. The minimum atomic E-state index is 0.700. The molecule has 23 heavy (non-hydrogen) atoms. The molecule has 0 aromatic carbocycles. The standard InChI is InChI=1S/C15H15N7S/c1-10-12(8-21(2)19-10)7-17-14-20-22-9-13(18-15(22)23-14)11-4-3-5-16-6-11/h3-6,8-9H,7H2,1-2H3,(H,17,20). The van der Waals surface area contributed by atoms with Crippen molar-refractivity contribution in [3.05, 3.63) is 48.2 Å². The van der Waals surface area contributed by atoms with Gasteiger partial charge in [0.15, 0.2) is 0 Å². The number of hydrogen-bond acceptors (Lipinski definition) is 6. The van der Waals surface area contributed by atoms with Gasteiger partial charge in [0.25, 0.3) is 0 Å². The summed E-state index contributed by atoms with van der Waals surface area (Å²) in [5.74, 6) is 0. The summed E-state index contributed by atoms with van der Waals surface area (Å²) in [7, 11) is 1.92. The second-order valence-electron chi connectivity index (χ2n) is 5.27. The van der Waals surface area contributed by atoms with Crippen LogP contribution in [-0.2, 0) is 13.6 Å². The van der Waals surface area contributed by atoms with E-state index >= 15 is 0 Å². The highest BCUT2D eigenvalue weighted by Gasteiger charge is 2.10. The molecule has 0 unspecified atom stereocenters. The molecule has 0 spiro atoms. The fraction of sp³-hybridized carbons (Fsp3) is 0.200. The van der Waals surface area contributed by atoms with Gasteiger partial charge < -0.3 is 5.32 Å². The molecule has 0 atom stereocenters. The van der Waals surface area contributed by atoms with E-state index in [4.69, 9.17) is 0 Å². The van der Waals surface area contributed by atoms with Gasteiger partial charge in [0, 0.05) is 43.3 Å². The Morgan fingerprint density at radius 1 is 1.26 bits per heavy atom. The molecule has 0 fully saturated rings. The first kappa shape index (κ1) is 13.9. The lowest BCUT2D eigenvalue weighted by molar-refractivity contribution is 0.756. The highest BCUT2D eigenvalue weighted by atomic mass is 32.1. The maximum Gasteiger partial charge on any atom is 0.214 e. The number of aromatic nitrogens is 6. The number of fused-ring (bicyclic) bond motifs is 1. The molecule has 0 aliphatic heterocycles.